The van der Waals surface area contributed by atoms with Gasteiger partial charge in [0.2, 0.25) is 15.9 Å². The van der Waals surface area contributed by atoms with Crippen LogP contribution < -0.4 is 10.0 Å². The van der Waals surface area contributed by atoms with Crippen LogP contribution in [-0.4, -0.2) is 20.6 Å². The lowest BCUT2D eigenvalue weighted by Gasteiger charge is -2.21. The summed E-state index contributed by atoms with van der Waals surface area (Å²) in [5, 5.41) is 2.85. The van der Waals surface area contributed by atoms with Crippen molar-refractivity contribution in [1.82, 2.24) is 4.72 Å². The number of rotatable bonds is 8. The number of anilines is 1. The van der Waals surface area contributed by atoms with E-state index >= 15 is 0 Å². The summed E-state index contributed by atoms with van der Waals surface area (Å²) in [5.74, 6) is -0.378. The van der Waals surface area contributed by atoms with E-state index in [-0.39, 0.29) is 16.7 Å². The summed E-state index contributed by atoms with van der Waals surface area (Å²) in [6.45, 7) is 5.57. The molecule has 0 aliphatic carbocycles. The quantitative estimate of drug-likeness (QED) is 0.435. The first-order chi connectivity index (χ1) is 15.2. The molecule has 0 bridgehead atoms. The first-order valence-corrected chi connectivity index (χ1v) is 13.0. The van der Waals surface area contributed by atoms with E-state index in [0.717, 1.165) is 21.6 Å². The molecule has 1 unspecified atom stereocenters. The van der Waals surface area contributed by atoms with Gasteiger partial charge in [-0.25, -0.2) is 8.42 Å². The number of benzene rings is 3. The van der Waals surface area contributed by atoms with E-state index in [1.165, 1.54) is 17.8 Å². The molecule has 0 heterocycles. The number of carbonyl (C=O) groups excluding carboxylic acids is 1. The van der Waals surface area contributed by atoms with Gasteiger partial charge in [-0.3, -0.25) is 4.79 Å². The smallest absolute Gasteiger partial charge is 0.241 e. The number of hydrogen-bond donors (Lipinski definition) is 2. The van der Waals surface area contributed by atoms with Crippen molar-refractivity contribution in [3.63, 3.8) is 0 Å². The Morgan fingerprint density at radius 3 is 2.22 bits per heavy atom. The third kappa shape index (κ3) is 5.79. The predicted octanol–water partition coefficient (Wildman–Crippen LogP) is 5.38. The molecule has 168 valence electrons. The lowest BCUT2D eigenvalue weighted by molar-refractivity contribution is -0.118. The van der Waals surface area contributed by atoms with Crippen molar-refractivity contribution in [1.29, 1.82) is 0 Å². The van der Waals surface area contributed by atoms with Gasteiger partial charge in [-0.15, -0.1) is 11.8 Å². The maximum atomic E-state index is 13.4. The van der Waals surface area contributed by atoms with Gasteiger partial charge >= 0.3 is 0 Å². The molecule has 0 saturated heterocycles. The van der Waals surface area contributed by atoms with E-state index in [1.807, 2.05) is 67.8 Å². The molecule has 1 atom stereocenters. The van der Waals surface area contributed by atoms with Gasteiger partial charge in [0, 0.05) is 10.8 Å². The van der Waals surface area contributed by atoms with Gasteiger partial charge < -0.3 is 5.32 Å². The fourth-order valence-corrected chi connectivity index (χ4v) is 5.05. The Balaban J connectivity index is 2.01. The monoisotopic (exact) mass is 468 g/mol. The van der Waals surface area contributed by atoms with Gasteiger partial charge in [0.05, 0.1) is 16.6 Å². The van der Waals surface area contributed by atoms with Crippen molar-refractivity contribution in [2.75, 3.05) is 11.6 Å². The summed E-state index contributed by atoms with van der Waals surface area (Å²) in [7, 11) is -3.88. The Morgan fingerprint density at radius 2 is 1.59 bits per heavy atom. The first kappa shape index (κ1) is 24.0. The summed E-state index contributed by atoms with van der Waals surface area (Å²) >= 11 is 1.45. The van der Waals surface area contributed by atoms with Gasteiger partial charge in [0.1, 0.15) is 0 Å². The highest BCUT2D eigenvalue weighted by Gasteiger charge is 2.24. The molecule has 0 fully saturated rings. The van der Waals surface area contributed by atoms with Crippen LogP contribution in [0.15, 0.2) is 82.6 Å². The minimum absolute atomic E-state index is 0.0999. The maximum absolute atomic E-state index is 13.4. The Hall–Kier alpha value is -2.61. The van der Waals surface area contributed by atoms with Gasteiger partial charge in [-0.1, -0.05) is 74.0 Å². The van der Waals surface area contributed by atoms with Gasteiger partial charge in [-0.05, 0) is 42.5 Å². The third-order valence-electron chi connectivity index (χ3n) is 5.04. The Kier molecular flexibility index (Phi) is 7.77. The molecule has 0 spiro atoms. The number of amides is 1. The highest BCUT2D eigenvalue weighted by Crippen LogP contribution is 2.30. The van der Waals surface area contributed by atoms with Crippen molar-refractivity contribution in [2.24, 2.45) is 5.92 Å². The largest absolute Gasteiger partial charge is 0.325 e. The average Bonchev–Trinajstić information content (AvgIpc) is 2.78. The highest BCUT2D eigenvalue weighted by molar-refractivity contribution is 7.98. The summed E-state index contributed by atoms with van der Waals surface area (Å²) in [5.41, 5.74) is 3.24. The maximum Gasteiger partial charge on any atom is 0.241 e. The summed E-state index contributed by atoms with van der Waals surface area (Å²) in [4.78, 5) is 13.1. The average molecular weight is 469 g/mol. The van der Waals surface area contributed by atoms with E-state index in [0.29, 0.717) is 5.69 Å². The molecular weight excluding hydrogens is 440 g/mol. The van der Waals surface area contributed by atoms with Crippen LogP contribution in [0.2, 0.25) is 0 Å². The van der Waals surface area contributed by atoms with Gasteiger partial charge in [0.15, 0.2) is 0 Å². The van der Waals surface area contributed by atoms with Crippen LogP contribution in [0, 0.1) is 12.8 Å². The lowest BCUT2D eigenvalue weighted by atomic mass is 9.98. The topological polar surface area (TPSA) is 75.3 Å². The molecule has 5 nitrogen and oxygen atoms in total. The van der Waals surface area contributed by atoms with E-state index in [4.69, 9.17) is 0 Å². The standard InChI is InChI=1S/C25H28N2O3S2/c1-17(2)25(28)26-22-16-21(13-14-23(22)31-4)32(29,30)27-24(19-10-6-5-7-11-19)20-12-8-9-18(3)15-20/h5-17,24,27H,1-4H3,(H,26,28). The van der Waals surface area contributed by atoms with Gasteiger partial charge in [0.25, 0.3) is 0 Å². The molecular formula is C25H28N2O3S2. The molecule has 3 rings (SSSR count). The second-order valence-corrected chi connectivity index (χ2v) is 10.4. The summed E-state index contributed by atoms with van der Waals surface area (Å²) in [6, 6.07) is 21.5. The van der Waals surface area contributed by atoms with Crippen molar-refractivity contribution in [3.05, 3.63) is 89.5 Å². The fourth-order valence-electron chi connectivity index (χ4n) is 3.28. The number of thioether (sulfide) groups is 1. The highest BCUT2D eigenvalue weighted by atomic mass is 32.2. The van der Waals surface area contributed by atoms with Gasteiger partial charge in [-0.2, -0.15) is 4.72 Å². The molecule has 2 N–H and O–H groups in total. The molecule has 0 aliphatic heterocycles. The Morgan fingerprint density at radius 1 is 0.906 bits per heavy atom. The van der Waals surface area contributed by atoms with E-state index < -0.39 is 16.1 Å². The second kappa shape index (κ2) is 10.3. The van der Waals surface area contributed by atoms with Crippen molar-refractivity contribution >= 4 is 33.4 Å². The molecule has 0 radical (unpaired) electrons. The second-order valence-electron chi connectivity index (χ2n) is 7.89. The minimum atomic E-state index is -3.88. The van der Waals surface area contributed by atoms with Crippen LogP contribution in [0.25, 0.3) is 0 Å². The predicted molar refractivity (Wildman–Crippen MR) is 131 cm³/mol. The molecule has 32 heavy (non-hydrogen) atoms. The fraction of sp³-hybridized carbons (Fsp3) is 0.240. The van der Waals surface area contributed by atoms with Crippen LogP contribution in [0.1, 0.15) is 36.6 Å². The number of sulfonamides is 1. The van der Waals surface area contributed by atoms with Crippen LogP contribution >= 0.6 is 11.8 Å². The normalized spacial score (nSPS) is 12.5. The molecule has 1 amide bonds. The molecule has 3 aromatic rings. The van der Waals surface area contributed by atoms with Crippen molar-refractivity contribution in [2.45, 2.75) is 36.6 Å². The zero-order chi connectivity index (χ0) is 23.3. The number of nitrogens with one attached hydrogen (secondary N) is 2. The third-order valence-corrected chi connectivity index (χ3v) is 7.26. The zero-order valence-electron chi connectivity index (χ0n) is 18.6. The van der Waals surface area contributed by atoms with Crippen LogP contribution in [-0.2, 0) is 14.8 Å². The first-order valence-electron chi connectivity index (χ1n) is 10.3. The van der Waals surface area contributed by atoms with Crippen molar-refractivity contribution in [3.8, 4) is 0 Å². The van der Waals surface area contributed by atoms with Crippen molar-refractivity contribution < 1.29 is 13.2 Å². The Labute approximate surface area is 194 Å². The summed E-state index contributed by atoms with van der Waals surface area (Å²) < 4.78 is 29.7. The molecule has 3 aromatic carbocycles. The van der Waals surface area contributed by atoms with Crippen LogP contribution in [0.4, 0.5) is 5.69 Å². The molecule has 7 heteroatoms. The van der Waals surface area contributed by atoms with E-state index in [9.17, 15) is 13.2 Å². The Bertz CT molecular complexity index is 1190. The SMILES string of the molecule is CSc1ccc(S(=O)(=O)NC(c2ccccc2)c2cccc(C)c2)cc1NC(=O)C(C)C. The summed E-state index contributed by atoms with van der Waals surface area (Å²) in [6.07, 6.45) is 1.88. The lowest BCUT2D eigenvalue weighted by Crippen LogP contribution is -2.29. The number of hydrogen-bond acceptors (Lipinski definition) is 4. The van der Waals surface area contributed by atoms with Crippen LogP contribution in [0.3, 0.4) is 0 Å². The van der Waals surface area contributed by atoms with Crippen LogP contribution in [0.5, 0.6) is 0 Å². The van der Waals surface area contributed by atoms with E-state index in [2.05, 4.69) is 10.0 Å². The molecule has 0 aliphatic rings. The number of aryl methyl sites for hydroxylation is 1. The number of carbonyl (C=O) groups is 1. The zero-order valence-corrected chi connectivity index (χ0v) is 20.3. The minimum Gasteiger partial charge on any atom is -0.325 e. The molecule has 0 aromatic heterocycles. The molecule has 0 saturated carbocycles. The van der Waals surface area contributed by atoms with E-state index in [1.54, 1.807) is 26.0 Å².